The predicted molar refractivity (Wildman–Crippen MR) is 76.0 cm³/mol. The summed E-state index contributed by atoms with van der Waals surface area (Å²) >= 11 is 4.83. The molecule has 0 spiro atoms. The quantitative estimate of drug-likeness (QED) is 0.710. The van der Waals surface area contributed by atoms with Crippen molar-refractivity contribution >= 4 is 28.9 Å². The molecule has 98 valence electrons. The Morgan fingerprint density at radius 1 is 1.50 bits per heavy atom. The number of nitrogens with one attached hydrogen (secondary N) is 2. The van der Waals surface area contributed by atoms with Gasteiger partial charge in [0.15, 0.2) is 0 Å². The van der Waals surface area contributed by atoms with Crippen LogP contribution in [0.5, 0.6) is 5.75 Å². The van der Waals surface area contributed by atoms with Gasteiger partial charge in [-0.2, -0.15) is 0 Å². The number of thiocarbonyl (C=S) groups is 1. The monoisotopic (exact) mass is 267 g/mol. The van der Waals surface area contributed by atoms with Gasteiger partial charge in [0.1, 0.15) is 5.75 Å². The second kappa shape index (κ2) is 6.80. The number of carbonyl (C=O) groups is 1. The number of ether oxygens (including phenoxy) is 1. The van der Waals surface area contributed by atoms with E-state index in [9.17, 15) is 4.79 Å². The van der Waals surface area contributed by atoms with Crippen LogP contribution in [0.2, 0.25) is 0 Å². The Morgan fingerprint density at radius 2 is 2.17 bits per heavy atom. The zero-order valence-electron chi connectivity index (χ0n) is 10.4. The molecule has 18 heavy (non-hydrogen) atoms. The molecule has 0 aliphatic rings. The molecule has 0 aromatic heterocycles. The summed E-state index contributed by atoms with van der Waals surface area (Å²) in [6, 6.07) is 6.86. The highest BCUT2D eigenvalue weighted by Crippen LogP contribution is 2.22. The molecule has 0 saturated carbocycles. The van der Waals surface area contributed by atoms with Crippen molar-refractivity contribution in [2.24, 2.45) is 11.7 Å². The molecule has 0 fully saturated rings. The Morgan fingerprint density at radius 3 is 2.78 bits per heavy atom. The average Bonchev–Trinajstić information content (AvgIpc) is 2.36. The number of rotatable bonds is 5. The summed E-state index contributed by atoms with van der Waals surface area (Å²) in [6.45, 7) is 2.25. The van der Waals surface area contributed by atoms with Crippen molar-refractivity contribution in [2.75, 3.05) is 19.0 Å². The average molecular weight is 267 g/mol. The lowest BCUT2D eigenvalue weighted by atomic mass is 10.2. The highest BCUT2D eigenvalue weighted by molar-refractivity contribution is 7.80. The molecule has 1 aromatic rings. The molecule has 1 aromatic carbocycles. The van der Waals surface area contributed by atoms with Crippen LogP contribution >= 0.6 is 12.2 Å². The maximum absolute atomic E-state index is 11.6. The maximum atomic E-state index is 11.6. The summed E-state index contributed by atoms with van der Waals surface area (Å²) in [4.78, 5) is 12.0. The summed E-state index contributed by atoms with van der Waals surface area (Å²) in [7, 11) is 1.55. The van der Waals surface area contributed by atoms with Gasteiger partial charge < -0.3 is 21.1 Å². The van der Waals surface area contributed by atoms with E-state index in [1.165, 1.54) is 0 Å². The molecule has 2 amide bonds. The Bertz CT molecular complexity index is 437. The van der Waals surface area contributed by atoms with Crippen LogP contribution in [0.25, 0.3) is 0 Å². The Hall–Kier alpha value is -1.82. The normalized spacial score (nSPS) is 11.4. The largest absolute Gasteiger partial charge is 0.495 e. The number of nitrogens with two attached hydrogens (primary N) is 1. The minimum absolute atomic E-state index is 0.0385. The van der Waals surface area contributed by atoms with Crippen LogP contribution < -0.4 is 21.1 Å². The summed E-state index contributed by atoms with van der Waals surface area (Å²) < 4.78 is 5.13. The number of para-hydroxylation sites is 2. The summed E-state index contributed by atoms with van der Waals surface area (Å²) in [6.07, 6.45) is 0. The standard InChI is InChI=1S/C12H17N3O2S/c1-8(11(13)18)7-14-12(16)15-9-5-3-4-6-10(9)17-2/h3-6,8H,7H2,1-2H3,(H2,13,18)(H2,14,15,16). The summed E-state index contributed by atoms with van der Waals surface area (Å²) in [5.74, 6) is 0.568. The van der Waals surface area contributed by atoms with Crippen molar-refractivity contribution in [1.82, 2.24) is 5.32 Å². The topological polar surface area (TPSA) is 76.4 Å². The van der Waals surface area contributed by atoms with Gasteiger partial charge in [0, 0.05) is 12.5 Å². The second-order valence-electron chi connectivity index (χ2n) is 3.84. The Labute approximate surface area is 112 Å². The lowest BCUT2D eigenvalue weighted by Gasteiger charge is -2.13. The molecule has 1 rings (SSSR count). The first-order chi connectivity index (χ1) is 8.54. The fourth-order valence-corrected chi connectivity index (χ4v) is 1.34. The molecule has 4 N–H and O–H groups in total. The molecule has 0 heterocycles. The number of amides is 2. The molecule has 0 aliphatic heterocycles. The first-order valence-corrected chi connectivity index (χ1v) is 5.92. The van der Waals surface area contributed by atoms with E-state index in [0.29, 0.717) is 23.0 Å². The Balaban J connectivity index is 2.52. The van der Waals surface area contributed by atoms with Crippen molar-refractivity contribution in [3.63, 3.8) is 0 Å². The smallest absolute Gasteiger partial charge is 0.319 e. The SMILES string of the molecule is COc1ccccc1NC(=O)NCC(C)C(N)=S. The lowest BCUT2D eigenvalue weighted by Crippen LogP contribution is -2.36. The van der Waals surface area contributed by atoms with Crippen LogP contribution in [0, 0.1) is 5.92 Å². The molecular weight excluding hydrogens is 250 g/mol. The molecule has 0 aliphatic carbocycles. The van der Waals surface area contributed by atoms with Crippen molar-refractivity contribution < 1.29 is 9.53 Å². The third kappa shape index (κ3) is 4.21. The maximum Gasteiger partial charge on any atom is 0.319 e. The van der Waals surface area contributed by atoms with Gasteiger partial charge in [-0.1, -0.05) is 31.3 Å². The van der Waals surface area contributed by atoms with Gasteiger partial charge in [-0.25, -0.2) is 4.79 Å². The van der Waals surface area contributed by atoms with Crippen molar-refractivity contribution in [3.8, 4) is 5.75 Å². The highest BCUT2D eigenvalue weighted by atomic mass is 32.1. The van der Waals surface area contributed by atoms with Crippen LogP contribution in [0.3, 0.4) is 0 Å². The molecular formula is C12H17N3O2S. The molecule has 0 bridgehead atoms. The van der Waals surface area contributed by atoms with Gasteiger partial charge in [-0.3, -0.25) is 0 Å². The van der Waals surface area contributed by atoms with E-state index in [1.807, 2.05) is 19.1 Å². The number of anilines is 1. The van der Waals surface area contributed by atoms with E-state index in [1.54, 1.807) is 19.2 Å². The summed E-state index contributed by atoms with van der Waals surface area (Å²) in [5, 5.41) is 5.39. The number of hydrogen-bond acceptors (Lipinski definition) is 3. The van der Waals surface area contributed by atoms with Gasteiger partial charge in [0.25, 0.3) is 0 Å². The second-order valence-corrected chi connectivity index (χ2v) is 4.31. The van der Waals surface area contributed by atoms with Crippen LogP contribution in [0.4, 0.5) is 10.5 Å². The van der Waals surface area contributed by atoms with Crippen molar-refractivity contribution in [1.29, 1.82) is 0 Å². The predicted octanol–water partition coefficient (Wildman–Crippen LogP) is 1.74. The fourth-order valence-electron chi connectivity index (χ4n) is 1.26. The van der Waals surface area contributed by atoms with Crippen LogP contribution in [-0.4, -0.2) is 24.7 Å². The van der Waals surface area contributed by atoms with E-state index >= 15 is 0 Å². The van der Waals surface area contributed by atoms with Crippen molar-refractivity contribution in [3.05, 3.63) is 24.3 Å². The summed E-state index contributed by atoms with van der Waals surface area (Å²) in [5.41, 5.74) is 6.07. The fraction of sp³-hybridized carbons (Fsp3) is 0.333. The Kier molecular flexibility index (Phi) is 5.38. The number of carbonyl (C=O) groups excluding carboxylic acids is 1. The van der Waals surface area contributed by atoms with Crippen LogP contribution in [0.1, 0.15) is 6.92 Å². The minimum Gasteiger partial charge on any atom is -0.495 e. The van der Waals surface area contributed by atoms with E-state index in [2.05, 4.69) is 10.6 Å². The van der Waals surface area contributed by atoms with Gasteiger partial charge in [0.05, 0.1) is 17.8 Å². The first kappa shape index (κ1) is 14.2. The molecule has 0 radical (unpaired) electrons. The molecule has 1 unspecified atom stereocenters. The number of hydrogen-bond donors (Lipinski definition) is 3. The van der Waals surface area contributed by atoms with Crippen molar-refractivity contribution in [2.45, 2.75) is 6.92 Å². The molecule has 1 atom stereocenters. The zero-order chi connectivity index (χ0) is 13.5. The third-order valence-corrected chi connectivity index (χ3v) is 2.81. The van der Waals surface area contributed by atoms with Gasteiger partial charge in [0.2, 0.25) is 0 Å². The number of benzene rings is 1. The number of methoxy groups -OCH3 is 1. The minimum atomic E-state index is -0.317. The van der Waals surface area contributed by atoms with E-state index < -0.39 is 0 Å². The lowest BCUT2D eigenvalue weighted by molar-refractivity contribution is 0.251. The van der Waals surface area contributed by atoms with Crippen LogP contribution in [-0.2, 0) is 0 Å². The van der Waals surface area contributed by atoms with E-state index in [0.717, 1.165) is 0 Å². The van der Waals surface area contributed by atoms with Gasteiger partial charge in [-0.05, 0) is 12.1 Å². The van der Waals surface area contributed by atoms with Gasteiger partial charge >= 0.3 is 6.03 Å². The zero-order valence-corrected chi connectivity index (χ0v) is 11.2. The first-order valence-electron chi connectivity index (χ1n) is 5.51. The number of urea groups is 1. The molecule has 6 heteroatoms. The third-order valence-electron chi connectivity index (χ3n) is 2.41. The highest BCUT2D eigenvalue weighted by Gasteiger charge is 2.09. The van der Waals surface area contributed by atoms with E-state index in [4.69, 9.17) is 22.7 Å². The molecule has 5 nitrogen and oxygen atoms in total. The van der Waals surface area contributed by atoms with E-state index in [-0.39, 0.29) is 11.9 Å². The van der Waals surface area contributed by atoms with Gasteiger partial charge in [-0.15, -0.1) is 0 Å². The molecule has 0 saturated heterocycles. The van der Waals surface area contributed by atoms with Crippen LogP contribution in [0.15, 0.2) is 24.3 Å².